The first-order valence-electron chi connectivity index (χ1n) is 5.91. The van der Waals surface area contributed by atoms with Crippen molar-refractivity contribution in [2.75, 3.05) is 33.4 Å². The molecule has 0 fully saturated rings. The Balaban J connectivity index is 2.42. The van der Waals surface area contributed by atoms with Gasteiger partial charge in [0.1, 0.15) is 13.2 Å². The van der Waals surface area contributed by atoms with Crippen LogP contribution < -0.4 is 14.4 Å². The molecular formula is C13H22NO2+. The summed E-state index contributed by atoms with van der Waals surface area (Å²) in [5.41, 5.74) is 0. The summed E-state index contributed by atoms with van der Waals surface area (Å²) in [5.74, 6) is 1.63. The molecule has 0 amide bonds. The van der Waals surface area contributed by atoms with Crippen LogP contribution in [-0.4, -0.2) is 33.4 Å². The minimum atomic E-state index is 0.734. The Morgan fingerprint density at radius 2 is 1.69 bits per heavy atom. The first-order valence-corrected chi connectivity index (χ1v) is 5.91. The first kappa shape index (κ1) is 12.8. The summed E-state index contributed by atoms with van der Waals surface area (Å²) in [4.78, 5) is 1.55. The van der Waals surface area contributed by atoms with E-state index in [1.54, 1.807) is 12.0 Å². The van der Waals surface area contributed by atoms with Crippen molar-refractivity contribution in [3.8, 4) is 11.5 Å². The van der Waals surface area contributed by atoms with Crippen molar-refractivity contribution in [2.45, 2.75) is 13.8 Å². The van der Waals surface area contributed by atoms with E-state index in [-0.39, 0.29) is 0 Å². The van der Waals surface area contributed by atoms with Gasteiger partial charge in [-0.15, -0.1) is 0 Å². The molecule has 0 unspecified atom stereocenters. The third-order valence-electron chi connectivity index (χ3n) is 2.78. The number of quaternary nitrogens is 1. The molecule has 90 valence electrons. The van der Waals surface area contributed by atoms with Crippen molar-refractivity contribution >= 4 is 0 Å². The number of nitrogens with one attached hydrogen (secondary N) is 1. The molecule has 1 rings (SSSR count). The number of para-hydroxylation sites is 2. The van der Waals surface area contributed by atoms with Crippen LogP contribution in [0.1, 0.15) is 13.8 Å². The van der Waals surface area contributed by atoms with E-state index >= 15 is 0 Å². The fourth-order valence-corrected chi connectivity index (χ4v) is 1.65. The number of rotatable bonds is 7. The minimum absolute atomic E-state index is 0.734. The number of hydrogen-bond donors (Lipinski definition) is 1. The van der Waals surface area contributed by atoms with Gasteiger partial charge in [-0.1, -0.05) is 12.1 Å². The lowest BCUT2D eigenvalue weighted by Crippen LogP contribution is -3.12. The topological polar surface area (TPSA) is 22.9 Å². The lowest BCUT2D eigenvalue weighted by atomic mass is 10.3. The van der Waals surface area contributed by atoms with E-state index < -0.39 is 0 Å². The summed E-state index contributed by atoms with van der Waals surface area (Å²) in [5, 5.41) is 0. The van der Waals surface area contributed by atoms with Crippen LogP contribution in [0.25, 0.3) is 0 Å². The third-order valence-corrected chi connectivity index (χ3v) is 2.78. The molecule has 1 aromatic carbocycles. The fraction of sp³-hybridized carbons (Fsp3) is 0.538. The van der Waals surface area contributed by atoms with E-state index in [0.717, 1.165) is 37.7 Å². The van der Waals surface area contributed by atoms with Gasteiger partial charge in [-0.05, 0) is 26.0 Å². The summed E-state index contributed by atoms with van der Waals surface area (Å²) in [6, 6.07) is 7.76. The van der Waals surface area contributed by atoms with Crippen LogP contribution in [0, 0.1) is 0 Å². The van der Waals surface area contributed by atoms with Crippen LogP contribution in [0.3, 0.4) is 0 Å². The van der Waals surface area contributed by atoms with Crippen LogP contribution >= 0.6 is 0 Å². The first-order chi connectivity index (χ1) is 7.81. The van der Waals surface area contributed by atoms with Crippen molar-refractivity contribution in [3.05, 3.63) is 24.3 Å². The highest BCUT2D eigenvalue weighted by Crippen LogP contribution is 2.25. The van der Waals surface area contributed by atoms with E-state index in [4.69, 9.17) is 9.47 Å². The molecule has 0 bridgehead atoms. The molecule has 16 heavy (non-hydrogen) atoms. The zero-order valence-corrected chi connectivity index (χ0v) is 10.5. The van der Waals surface area contributed by atoms with E-state index in [2.05, 4.69) is 13.8 Å². The van der Waals surface area contributed by atoms with Crippen LogP contribution in [0.5, 0.6) is 11.5 Å². The maximum absolute atomic E-state index is 5.72. The van der Waals surface area contributed by atoms with Gasteiger partial charge in [0.05, 0.1) is 20.2 Å². The second-order valence-corrected chi connectivity index (χ2v) is 3.71. The van der Waals surface area contributed by atoms with Crippen molar-refractivity contribution in [2.24, 2.45) is 0 Å². The highest BCUT2D eigenvalue weighted by molar-refractivity contribution is 5.39. The predicted molar refractivity (Wildman–Crippen MR) is 65.4 cm³/mol. The Labute approximate surface area is 98.0 Å². The molecule has 1 aromatic rings. The van der Waals surface area contributed by atoms with Gasteiger partial charge in [0.25, 0.3) is 0 Å². The molecule has 3 nitrogen and oxygen atoms in total. The molecular weight excluding hydrogens is 202 g/mol. The second kappa shape index (κ2) is 7.12. The quantitative estimate of drug-likeness (QED) is 0.746. The Hall–Kier alpha value is -1.22. The molecule has 0 saturated carbocycles. The van der Waals surface area contributed by atoms with Gasteiger partial charge in [0.15, 0.2) is 11.5 Å². The third kappa shape index (κ3) is 3.74. The number of benzene rings is 1. The minimum Gasteiger partial charge on any atom is -0.493 e. The number of likely N-dealkylation sites (N-methyl/N-ethyl adjacent to an activating group) is 1. The van der Waals surface area contributed by atoms with Crippen LogP contribution in [0.4, 0.5) is 0 Å². The van der Waals surface area contributed by atoms with Crippen molar-refractivity contribution < 1.29 is 14.4 Å². The monoisotopic (exact) mass is 224 g/mol. The molecule has 0 heterocycles. The zero-order valence-electron chi connectivity index (χ0n) is 10.5. The molecule has 0 atom stereocenters. The Kier molecular flexibility index (Phi) is 5.72. The van der Waals surface area contributed by atoms with Gasteiger partial charge >= 0.3 is 0 Å². The highest BCUT2D eigenvalue weighted by Gasteiger charge is 2.05. The molecule has 0 spiro atoms. The smallest absolute Gasteiger partial charge is 0.161 e. The normalized spacial score (nSPS) is 10.5. The maximum atomic E-state index is 5.72. The molecule has 0 aliphatic carbocycles. The van der Waals surface area contributed by atoms with Crippen LogP contribution in [-0.2, 0) is 0 Å². The molecule has 0 aromatic heterocycles. The molecule has 0 saturated heterocycles. The summed E-state index contributed by atoms with van der Waals surface area (Å²) in [6.45, 7) is 8.45. The Bertz CT molecular complexity index is 298. The van der Waals surface area contributed by atoms with E-state index in [1.165, 1.54) is 0 Å². The molecule has 0 radical (unpaired) electrons. The average molecular weight is 224 g/mol. The van der Waals surface area contributed by atoms with Gasteiger partial charge in [-0.2, -0.15) is 0 Å². The molecule has 3 heteroatoms. The summed E-state index contributed by atoms with van der Waals surface area (Å²) in [6.07, 6.45) is 0. The SMILES string of the molecule is CC[NH+](CC)CCOc1ccccc1OC. The zero-order chi connectivity index (χ0) is 11.8. The van der Waals surface area contributed by atoms with Gasteiger partial charge in [-0.3, -0.25) is 0 Å². The van der Waals surface area contributed by atoms with Crippen molar-refractivity contribution in [1.82, 2.24) is 0 Å². The van der Waals surface area contributed by atoms with Crippen LogP contribution in [0.15, 0.2) is 24.3 Å². The fourth-order valence-electron chi connectivity index (χ4n) is 1.65. The number of hydrogen-bond acceptors (Lipinski definition) is 2. The van der Waals surface area contributed by atoms with E-state index in [9.17, 15) is 0 Å². The van der Waals surface area contributed by atoms with Gasteiger partial charge in [-0.25, -0.2) is 0 Å². The second-order valence-electron chi connectivity index (χ2n) is 3.71. The average Bonchev–Trinajstić information content (AvgIpc) is 2.35. The summed E-state index contributed by atoms with van der Waals surface area (Å²) < 4.78 is 10.9. The van der Waals surface area contributed by atoms with Crippen molar-refractivity contribution in [3.63, 3.8) is 0 Å². The Morgan fingerprint density at radius 1 is 1.06 bits per heavy atom. The molecule has 1 N–H and O–H groups in total. The maximum Gasteiger partial charge on any atom is 0.161 e. The van der Waals surface area contributed by atoms with E-state index in [0.29, 0.717) is 0 Å². The number of methoxy groups -OCH3 is 1. The highest BCUT2D eigenvalue weighted by atomic mass is 16.5. The van der Waals surface area contributed by atoms with Gasteiger partial charge in [0, 0.05) is 0 Å². The van der Waals surface area contributed by atoms with Crippen molar-refractivity contribution in [1.29, 1.82) is 0 Å². The lowest BCUT2D eigenvalue weighted by molar-refractivity contribution is -0.896. The molecule has 0 aliphatic rings. The van der Waals surface area contributed by atoms with Crippen LogP contribution in [0.2, 0.25) is 0 Å². The predicted octanol–water partition coefficient (Wildman–Crippen LogP) is 0.999. The Morgan fingerprint density at radius 3 is 2.25 bits per heavy atom. The lowest BCUT2D eigenvalue weighted by Gasteiger charge is -2.16. The molecule has 0 aliphatic heterocycles. The largest absolute Gasteiger partial charge is 0.493 e. The van der Waals surface area contributed by atoms with Gasteiger partial charge in [0.2, 0.25) is 0 Å². The summed E-state index contributed by atoms with van der Waals surface area (Å²) in [7, 11) is 1.66. The summed E-state index contributed by atoms with van der Waals surface area (Å²) >= 11 is 0. The van der Waals surface area contributed by atoms with E-state index in [1.807, 2.05) is 24.3 Å². The standard InChI is InChI=1S/C13H21NO2/c1-4-14(5-2)10-11-16-13-9-7-6-8-12(13)15-3/h6-9H,4-5,10-11H2,1-3H3/p+1. The van der Waals surface area contributed by atoms with Gasteiger partial charge < -0.3 is 14.4 Å². The number of ether oxygens (including phenoxy) is 2.